The van der Waals surface area contributed by atoms with Gasteiger partial charge in [0.15, 0.2) is 0 Å². The largest absolute Gasteiger partial charge is 0.507 e. The Labute approximate surface area is 139 Å². The summed E-state index contributed by atoms with van der Waals surface area (Å²) >= 11 is 0. The lowest BCUT2D eigenvalue weighted by Gasteiger charge is -2.05. The fourth-order valence-corrected chi connectivity index (χ4v) is 1.94. The number of ether oxygens (including phenoxy) is 1. The molecular formula is C18H17NO5. The molecular weight excluding hydrogens is 310 g/mol. The van der Waals surface area contributed by atoms with E-state index in [1.165, 1.54) is 12.1 Å². The Hall–Kier alpha value is -3.28. The van der Waals surface area contributed by atoms with E-state index in [2.05, 4.69) is 5.32 Å². The van der Waals surface area contributed by atoms with Crippen molar-refractivity contribution in [3.8, 4) is 5.75 Å². The minimum atomic E-state index is -1.19. The first-order valence-corrected chi connectivity index (χ1v) is 7.23. The quantitative estimate of drug-likeness (QED) is 0.758. The number of nitrogens with one attached hydrogen (secondary N) is 1. The fraction of sp³-hybridized carbons (Fsp3) is 0.111. The van der Waals surface area contributed by atoms with Crippen molar-refractivity contribution in [2.24, 2.45) is 0 Å². The summed E-state index contributed by atoms with van der Waals surface area (Å²) in [6.45, 7) is 0.440. The van der Waals surface area contributed by atoms with Crippen molar-refractivity contribution in [2.45, 2.75) is 6.61 Å². The van der Waals surface area contributed by atoms with Crippen LogP contribution in [0.25, 0.3) is 6.08 Å². The number of alkyl carbamates (subject to hydrolysis) is 1. The lowest BCUT2D eigenvalue weighted by atomic mass is 10.1. The molecule has 2 rings (SSSR count). The molecule has 6 heteroatoms. The number of benzene rings is 2. The zero-order chi connectivity index (χ0) is 17.4. The van der Waals surface area contributed by atoms with Crippen LogP contribution in [0.3, 0.4) is 0 Å². The monoisotopic (exact) mass is 327 g/mol. The predicted molar refractivity (Wildman–Crippen MR) is 88.7 cm³/mol. The molecule has 1 amide bonds. The first kappa shape index (κ1) is 17.1. The van der Waals surface area contributed by atoms with Gasteiger partial charge in [0.1, 0.15) is 17.9 Å². The number of carboxylic acids is 1. The van der Waals surface area contributed by atoms with Crippen LogP contribution in [0.15, 0.2) is 54.6 Å². The van der Waals surface area contributed by atoms with E-state index < -0.39 is 12.1 Å². The van der Waals surface area contributed by atoms with Gasteiger partial charge in [-0.3, -0.25) is 0 Å². The van der Waals surface area contributed by atoms with Gasteiger partial charge in [-0.15, -0.1) is 0 Å². The van der Waals surface area contributed by atoms with Gasteiger partial charge >= 0.3 is 12.1 Å². The Morgan fingerprint density at radius 2 is 1.88 bits per heavy atom. The fourth-order valence-electron chi connectivity index (χ4n) is 1.94. The van der Waals surface area contributed by atoms with Crippen LogP contribution in [0, 0.1) is 0 Å². The summed E-state index contributed by atoms with van der Waals surface area (Å²) in [5, 5.41) is 21.0. The molecule has 0 unspecified atom stereocenters. The number of rotatable bonds is 6. The van der Waals surface area contributed by atoms with Gasteiger partial charge in [0, 0.05) is 6.54 Å². The molecule has 0 aliphatic carbocycles. The molecule has 0 radical (unpaired) electrons. The highest BCUT2D eigenvalue weighted by molar-refractivity contribution is 5.91. The molecule has 2 aromatic rings. The summed E-state index contributed by atoms with van der Waals surface area (Å²) in [6.07, 6.45) is 2.79. The number of hydrogen-bond acceptors (Lipinski definition) is 4. The minimum absolute atomic E-state index is 0.158. The maximum atomic E-state index is 11.5. The van der Waals surface area contributed by atoms with Gasteiger partial charge in [-0.25, -0.2) is 9.59 Å². The van der Waals surface area contributed by atoms with Crippen LogP contribution < -0.4 is 5.32 Å². The molecule has 2 aromatic carbocycles. The van der Waals surface area contributed by atoms with Crippen molar-refractivity contribution in [1.82, 2.24) is 5.32 Å². The van der Waals surface area contributed by atoms with Gasteiger partial charge < -0.3 is 20.3 Å². The number of hydrogen-bond donors (Lipinski definition) is 3. The van der Waals surface area contributed by atoms with Crippen LogP contribution in [-0.4, -0.2) is 28.8 Å². The summed E-state index contributed by atoms with van der Waals surface area (Å²) in [5.74, 6) is -1.49. The Kier molecular flexibility index (Phi) is 5.96. The second-order valence-electron chi connectivity index (χ2n) is 4.93. The molecule has 24 heavy (non-hydrogen) atoms. The molecule has 0 aliphatic heterocycles. The van der Waals surface area contributed by atoms with Crippen LogP contribution in [0.4, 0.5) is 4.79 Å². The summed E-state index contributed by atoms with van der Waals surface area (Å²) in [7, 11) is 0. The van der Waals surface area contributed by atoms with Gasteiger partial charge in [0.2, 0.25) is 0 Å². The maximum absolute atomic E-state index is 11.5. The molecule has 6 nitrogen and oxygen atoms in total. The van der Waals surface area contributed by atoms with E-state index >= 15 is 0 Å². The third kappa shape index (κ3) is 5.17. The SMILES string of the molecule is O=C(NCC=Cc1ccc(C(=O)O)c(O)c1)OCc1ccccc1. The normalized spacial score (nSPS) is 10.5. The second-order valence-corrected chi connectivity index (χ2v) is 4.93. The average Bonchev–Trinajstić information content (AvgIpc) is 2.57. The number of phenols is 1. The van der Waals surface area contributed by atoms with Crippen LogP contribution in [0.1, 0.15) is 21.5 Å². The van der Waals surface area contributed by atoms with E-state index in [1.54, 1.807) is 18.2 Å². The number of carboxylic acid groups (broad SMARTS) is 1. The van der Waals surface area contributed by atoms with Gasteiger partial charge in [0.25, 0.3) is 0 Å². The standard InChI is InChI=1S/C18H17NO5/c20-16-11-13(8-9-15(16)17(21)22)7-4-10-19-18(23)24-12-14-5-2-1-3-6-14/h1-9,11,20H,10,12H2,(H,19,23)(H,21,22). The molecule has 0 aromatic heterocycles. The third-order valence-electron chi connectivity index (χ3n) is 3.14. The number of carbonyl (C=O) groups excluding carboxylic acids is 1. The number of carbonyl (C=O) groups is 2. The lowest BCUT2D eigenvalue weighted by Crippen LogP contribution is -2.24. The van der Waals surface area contributed by atoms with E-state index in [-0.39, 0.29) is 24.5 Å². The van der Waals surface area contributed by atoms with E-state index in [9.17, 15) is 14.7 Å². The summed E-state index contributed by atoms with van der Waals surface area (Å²) in [4.78, 5) is 22.3. The van der Waals surface area contributed by atoms with E-state index in [1.807, 2.05) is 30.3 Å². The van der Waals surface area contributed by atoms with Crippen LogP contribution >= 0.6 is 0 Å². The van der Waals surface area contributed by atoms with Crippen LogP contribution in [0.5, 0.6) is 5.75 Å². The summed E-state index contributed by atoms with van der Waals surface area (Å²) in [5.41, 5.74) is 1.36. The van der Waals surface area contributed by atoms with E-state index in [0.29, 0.717) is 5.56 Å². The first-order valence-electron chi connectivity index (χ1n) is 7.23. The highest BCUT2D eigenvalue weighted by Gasteiger charge is 2.08. The number of aromatic carboxylic acids is 1. The molecule has 0 heterocycles. The molecule has 124 valence electrons. The molecule has 0 fully saturated rings. The minimum Gasteiger partial charge on any atom is -0.507 e. The van der Waals surface area contributed by atoms with E-state index in [4.69, 9.17) is 9.84 Å². The predicted octanol–water partition coefficient (Wildman–Crippen LogP) is 3.03. The zero-order valence-corrected chi connectivity index (χ0v) is 12.8. The highest BCUT2D eigenvalue weighted by Crippen LogP contribution is 2.19. The second kappa shape index (κ2) is 8.38. The Bertz CT molecular complexity index is 740. The van der Waals surface area contributed by atoms with Crippen LogP contribution in [0.2, 0.25) is 0 Å². The molecule has 0 aliphatic rings. The van der Waals surface area contributed by atoms with Gasteiger partial charge in [-0.05, 0) is 23.3 Å². The van der Waals surface area contributed by atoms with Crippen molar-refractivity contribution in [3.05, 3.63) is 71.3 Å². The average molecular weight is 327 g/mol. The van der Waals surface area contributed by atoms with E-state index in [0.717, 1.165) is 5.56 Å². The van der Waals surface area contributed by atoms with Crippen molar-refractivity contribution < 1.29 is 24.5 Å². The topological polar surface area (TPSA) is 95.9 Å². The molecule has 0 saturated heterocycles. The lowest BCUT2D eigenvalue weighted by molar-refractivity contribution is 0.0693. The number of aromatic hydroxyl groups is 1. The molecule has 0 spiro atoms. The summed E-state index contributed by atoms with van der Waals surface area (Å²) in [6, 6.07) is 13.6. The Morgan fingerprint density at radius 1 is 1.12 bits per heavy atom. The summed E-state index contributed by atoms with van der Waals surface area (Å²) < 4.78 is 5.05. The maximum Gasteiger partial charge on any atom is 0.407 e. The smallest absolute Gasteiger partial charge is 0.407 e. The molecule has 3 N–H and O–H groups in total. The molecule has 0 saturated carbocycles. The zero-order valence-electron chi connectivity index (χ0n) is 12.8. The van der Waals surface area contributed by atoms with Gasteiger partial charge in [-0.1, -0.05) is 48.6 Å². The van der Waals surface area contributed by atoms with Crippen molar-refractivity contribution >= 4 is 18.1 Å². The highest BCUT2D eigenvalue weighted by atomic mass is 16.5. The number of amides is 1. The van der Waals surface area contributed by atoms with Crippen molar-refractivity contribution in [1.29, 1.82) is 0 Å². The van der Waals surface area contributed by atoms with Gasteiger partial charge in [-0.2, -0.15) is 0 Å². The van der Waals surface area contributed by atoms with Crippen molar-refractivity contribution in [3.63, 3.8) is 0 Å². The molecule has 0 atom stereocenters. The Morgan fingerprint density at radius 3 is 2.54 bits per heavy atom. The van der Waals surface area contributed by atoms with Crippen molar-refractivity contribution in [2.75, 3.05) is 6.54 Å². The third-order valence-corrected chi connectivity index (χ3v) is 3.14. The Balaban J connectivity index is 1.77. The van der Waals surface area contributed by atoms with Gasteiger partial charge in [0.05, 0.1) is 0 Å². The molecule has 0 bridgehead atoms. The van der Waals surface area contributed by atoms with Crippen LogP contribution in [-0.2, 0) is 11.3 Å². The first-order chi connectivity index (χ1) is 11.6.